The van der Waals surface area contributed by atoms with Gasteiger partial charge in [0.05, 0.1) is 4.90 Å². The number of hydrogen-bond donors (Lipinski definition) is 2. The van der Waals surface area contributed by atoms with E-state index >= 15 is 0 Å². The minimum Gasteiger partial charge on any atom is -0.316 e. The average molecular weight is 297 g/mol. The molecule has 1 aromatic rings. The van der Waals surface area contributed by atoms with Gasteiger partial charge in [-0.05, 0) is 17.7 Å². The first-order valence-electron chi connectivity index (χ1n) is 4.67. The third-order valence-corrected chi connectivity index (χ3v) is 4.53. The molecule has 0 aliphatic heterocycles. The number of nitrogens with one attached hydrogen (secondary N) is 1. The Kier molecular flexibility index (Phi) is 4.11. The maximum Gasteiger partial charge on any atom is 0.179 e. The molecule has 0 unspecified atom stereocenters. The SMILES string of the molecule is CS(=O)(=O)c1cc(CNO)cc(F)c1S(C)(=O)=O. The van der Waals surface area contributed by atoms with Crippen LogP contribution in [0.25, 0.3) is 0 Å². The van der Waals surface area contributed by atoms with Gasteiger partial charge >= 0.3 is 0 Å². The fourth-order valence-corrected chi connectivity index (χ4v) is 4.00. The lowest BCUT2D eigenvalue weighted by Gasteiger charge is -2.10. The average Bonchev–Trinajstić information content (AvgIpc) is 2.13. The molecular weight excluding hydrogens is 285 g/mol. The maximum atomic E-state index is 13.7. The summed E-state index contributed by atoms with van der Waals surface area (Å²) >= 11 is 0. The quantitative estimate of drug-likeness (QED) is 0.765. The number of halogens is 1. The number of sulfone groups is 2. The zero-order valence-corrected chi connectivity index (χ0v) is 11.3. The monoisotopic (exact) mass is 297 g/mol. The normalized spacial score (nSPS) is 12.7. The summed E-state index contributed by atoms with van der Waals surface area (Å²) in [7, 11) is -7.92. The van der Waals surface area contributed by atoms with Crippen molar-refractivity contribution in [3.63, 3.8) is 0 Å². The third kappa shape index (κ3) is 3.25. The molecule has 0 atom stereocenters. The zero-order valence-electron chi connectivity index (χ0n) is 9.64. The fraction of sp³-hybridized carbons (Fsp3) is 0.333. The van der Waals surface area contributed by atoms with Crippen molar-refractivity contribution in [1.82, 2.24) is 5.48 Å². The highest BCUT2D eigenvalue weighted by Gasteiger charge is 2.25. The second-order valence-corrected chi connectivity index (χ2v) is 7.72. The van der Waals surface area contributed by atoms with Gasteiger partial charge in [0, 0.05) is 19.1 Å². The fourth-order valence-electron chi connectivity index (χ4n) is 1.45. The van der Waals surface area contributed by atoms with Crippen molar-refractivity contribution < 1.29 is 26.4 Å². The Morgan fingerprint density at radius 3 is 2.11 bits per heavy atom. The molecular formula is C9H12FNO5S2. The Morgan fingerprint density at radius 1 is 1.17 bits per heavy atom. The topological polar surface area (TPSA) is 101 Å². The van der Waals surface area contributed by atoms with Crippen molar-refractivity contribution in [2.24, 2.45) is 0 Å². The first kappa shape index (κ1) is 15.0. The first-order chi connectivity index (χ1) is 8.07. The van der Waals surface area contributed by atoms with Crippen LogP contribution in [0, 0.1) is 5.82 Å². The lowest BCUT2D eigenvalue weighted by molar-refractivity contribution is 0.161. The largest absolute Gasteiger partial charge is 0.316 e. The van der Waals surface area contributed by atoms with Gasteiger partial charge in [0.1, 0.15) is 10.7 Å². The molecule has 0 heterocycles. The highest BCUT2D eigenvalue weighted by atomic mass is 32.2. The number of hydroxylamine groups is 1. The second kappa shape index (κ2) is 4.92. The summed E-state index contributed by atoms with van der Waals surface area (Å²) in [6.07, 6.45) is 1.51. The second-order valence-electron chi connectivity index (χ2n) is 3.78. The molecule has 0 fully saturated rings. The van der Waals surface area contributed by atoms with Gasteiger partial charge in [-0.2, -0.15) is 0 Å². The van der Waals surface area contributed by atoms with Gasteiger partial charge < -0.3 is 5.21 Å². The van der Waals surface area contributed by atoms with Crippen LogP contribution in [0.2, 0.25) is 0 Å². The van der Waals surface area contributed by atoms with Crippen LogP contribution in [-0.4, -0.2) is 34.6 Å². The van der Waals surface area contributed by atoms with Gasteiger partial charge in [0.2, 0.25) is 0 Å². The summed E-state index contributed by atoms with van der Waals surface area (Å²) in [5.74, 6) is -1.16. The molecule has 0 aliphatic carbocycles. The number of rotatable bonds is 4. The van der Waals surface area contributed by atoms with Crippen molar-refractivity contribution in [1.29, 1.82) is 0 Å². The molecule has 0 spiro atoms. The molecule has 0 radical (unpaired) electrons. The molecule has 0 saturated carbocycles. The van der Waals surface area contributed by atoms with E-state index in [1.807, 2.05) is 0 Å². The summed E-state index contributed by atoms with van der Waals surface area (Å²) in [4.78, 5) is -1.47. The Balaban J connectivity index is 3.73. The molecule has 9 heteroatoms. The highest BCUT2D eigenvalue weighted by molar-refractivity contribution is 7.93. The van der Waals surface area contributed by atoms with Crippen LogP contribution >= 0.6 is 0 Å². The summed E-state index contributed by atoms with van der Waals surface area (Å²) in [5, 5.41) is 8.49. The van der Waals surface area contributed by atoms with E-state index in [4.69, 9.17) is 5.21 Å². The summed E-state index contributed by atoms with van der Waals surface area (Å²) < 4.78 is 59.5. The van der Waals surface area contributed by atoms with E-state index in [1.165, 1.54) is 0 Å². The highest BCUT2D eigenvalue weighted by Crippen LogP contribution is 2.25. The lowest BCUT2D eigenvalue weighted by Crippen LogP contribution is -2.13. The maximum absolute atomic E-state index is 13.7. The molecule has 0 bridgehead atoms. The molecule has 0 aromatic heterocycles. The molecule has 102 valence electrons. The molecule has 6 nitrogen and oxygen atoms in total. The van der Waals surface area contributed by atoms with Crippen molar-refractivity contribution in [3.8, 4) is 0 Å². The Hall–Kier alpha value is -1.03. The van der Waals surface area contributed by atoms with Crippen LogP contribution in [0.5, 0.6) is 0 Å². The molecule has 0 aliphatic rings. The van der Waals surface area contributed by atoms with E-state index in [2.05, 4.69) is 0 Å². The first-order valence-corrected chi connectivity index (χ1v) is 8.45. The van der Waals surface area contributed by atoms with Crippen molar-refractivity contribution in [2.75, 3.05) is 12.5 Å². The smallest absolute Gasteiger partial charge is 0.179 e. The molecule has 0 amide bonds. The van der Waals surface area contributed by atoms with Crippen LogP contribution < -0.4 is 5.48 Å². The van der Waals surface area contributed by atoms with Crippen molar-refractivity contribution >= 4 is 19.7 Å². The lowest BCUT2D eigenvalue weighted by atomic mass is 10.2. The summed E-state index contributed by atoms with van der Waals surface area (Å²) in [6, 6.07) is 1.87. The van der Waals surface area contributed by atoms with Gasteiger partial charge in [-0.3, -0.25) is 0 Å². The zero-order chi connectivity index (χ0) is 14.1. The van der Waals surface area contributed by atoms with Crippen LogP contribution in [0.3, 0.4) is 0 Å². The van der Waals surface area contributed by atoms with E-state index in [0.29, 0.717) is 0 Å². The van der Waals surface area contributed by atoms with Gasteiger partial charge in [0.25, 0.3) is 0 Å². The van der Waals surface area contributed by atoms with Gasteiger partial charge in [0.15, 0.2) is 19.7 Å². The van der Waals surface area contributed by atoms with Crippen LogP contribution in [0.1, 0.15) is 5.56 Å². The molecule has 0 saturated heterocycles. The predicted molar refractivity (Wildman–Crippen MR) is 61.2 cm³/mol. The van der Waals surface area contributed by atoms with Gasteiger partial charge in [-0.15, -0.1) is 0 Å². The van der Waals surface area contributed by atoms with Crippen LogP contribution in [-0.2, 0) is 26.2 Å². The van der Waals surface area contributed by atoms with E-state index in [9.17, 15) is 21.2 Å². The van der Waals surface area contributed by atoms with Crippen molar-refractivity contribution in [3.05, 3.63) is 23.5 Å². The van der Waals surface area contributed by atoms with E-state index in [1.54, 1.807) is 5.48 Å². The Morgan fingerprint density at radius 2 is 1.72 bits per heavy atom. The minimum absolute atomic E-state index is 0.114. The van der Waals surface area contributed by atoms with Gasteiger partial charge in [-0.25, -0.2) is 26.7 Å². The predicted octanol–water partition coefficient (Wildman–Crippen LogP) is 0.111. The third-order valence-electron chi connectivity index (χ3n) is 2.12. The van der Waals surface area contributed by atoms with Crippen molar-refractivity contribution in [2.45, 2.75) is 16.3 Å². The number of benzene rings is 1. The standard InChI is InChI=1S/C9H12FNO5S2/c1-17(13,14)8-4-6(5-11-12)3-7(10)9(8)18(2,15)16/h3-4,11-12H,5H2,1-2H3. The molecule has 2 N–H and O–H groups in total. The van der Waals surface area contributed by atoms with E-state index in [-0.39, 0.29) is 12.1 Å². The molecule has 1 rings (SSSR count). The molecule has 1 aromatic carbocycles. The summed E-state index contributed by atoms with van der Waals surface area (Å²) in [5.41, 5.74) is 1.85. The van der Waals surface area contributed by atoms with Crippen LogP contribution in [0.4, 0.5) is 4.39 Å². The summed E-state index contributed by atoms with van der Waals surface area (Å²) in [6.45, 7) is -0.205. The number of hydrogen-bond acceptors (Lipinski definition) is 6. The Bertz CT molecular complexity index is 666. The minimum atomic E-state index is -4.02. The van der Waals surface area contributed by atoms with Crippen LogP contribution in [0.15, 0.2) is 21.9 Å². The van der Waals surface area contributed by atoms with Gasteiger partial charge in [-0.1, -0.05) is 0 Å². The molecule has 18 heavy (non-hydrogen) atoms. The van der Waals surface area contributed by atoms with E-state index in [0.717, 1.165) is 24.6 Å². The Labute approximate surface area is 104 Å². The van der Waals surface area contributed by atoms with E-state index < -0.39 is 35.3 Å².